The summed E-state index contributed by atoms with van der Waals surface area (Å²) in [5.41, 5.74) is -0.643. The second-order valence-electron chi connectivity index (χ2n) is 5.32. The van der Waals surface area contributed by atoms with Gasteiger partial charge in [-0.1, -0.05) is 13.8 Å². The standard InChI is InChI=1S/C13H21N5/c1-9(2)7-15-11-6-12(17-10(3)16-11)18-13(4,5)8-14/h6,9H,7H2,1-5H3,(H2,15,16,17,18). The van der Waals surface area contributed by atoms with Gasteiger partial charge in [0.15, 0.2) is 0 Å². The van der Waals surface area contributed by atoms with Crippen molar-refractivity contribution >= 4 is 11.6 Å². The lowest BCUT2D eigenvalue weighted by molar-refractivity contribution is 0.686. The molecule has 0 fully saturated rings. The van der Waals surface area contributed by atoms with Gasteiger partial charge in [-0.2, -0.15) is 5.26 Å². The first kappa shape index (κ1) is 14.2. The average molecular weight is 247 g/mol. The molecule has 0 atom stereocenters. The van der Waals surface area contributed by atoms with E-state index in [4.69, 9.17) is 5.26 Å². The van der Waals surface area contributed by atoms with Crippen molar-refractivity contribution < 1.29 is 0 Å². The summed E-state index contributed by atoms with van der Waals surface area (Å²) >= 11 is 0. The Morgan fingerprint density at radius 3 is 2.50 bits per heavy atom. The molecule has 2 N–H and O–H groups in total. The predicted octanol–water partition coefficient (Wildman–Crippen LogP) is 2.57. The maximum Gasteiger partial charge on any atom is 0.133 e. The number of hydrogen-bond donors (Lipinski definition) is 2. The summed E-state index contributed by atoms with van der Waals surface area (Å²) in [5.74, 6) is 2.68. The first-order valence-corrected chi connectivity index (χ1v) is 6.11. The van der Waals surface area contributed by atoms with Gasteiger partial charge in [0.05, 0.1) is 6.07 Å². The van der Waals surface area contributed by atoms with E-state index in [0.29, 0.717) is 17.6 Å². The normalized spacial score (nSPS) is 11.2. The van der Waals surface area contributed by atoms with E-state index in [1.807, 2.05) is 26.8 Å². The molecule has 0 bridgehead atoms. The van der Waals surface area contributed by atoms with Crippen molar-refractivity contribution in [2.24, 2.45) is 5.92 Å². The molecular weight excluding hydrogens is 226 g/mol. The van der Waals surface area contributed by atoms with Crippen molar-refractivity contribution in [3.05, 3.63) is 11.9 Å². The average Bonchev–Trinajstić information content (AvgIpc) is 2.25. The molecule has 0 saturated carbocycles. The smallest absolute Gasteiger partial charge is 0.133 e. The number of rotatable bonds is 5. The van der Waals surface area contributed by atoms with Crippen LogP contribution in [-0.4, -0.2) is 22.1 Å². The third-order valence-corrected chi connectivity index (χ3v) is 2.25. The van der Waals surface area contributed by atoms with E-state index >= 15 is 0 Å². The summed E-state index contributed by atoms with van der Waals surface area (Å²) in [4.78, 5) is 8.60. The van der Waals surface area contributed by atoms with Crippen LogP contribution in [0.25, 0.3) is 0 Å². The van der Waals surface area contributed by atoms with E-state index in [0.717, 1.165) is 12.4 Å². The van der Waals surface area contributed by atoms with Crippen molar-refractivity contribution in [3.8, 4) is 6.07 Å². The zero-order chi connectivity index (χ0) is 13.8. The van der Waals surface area contributed by atoms with Gasteiger partial charge in [0, 0.05) is 12.6 Å². The fourth-order valence-electron chi connectivity index (χ4n) is 1.38. The van der Waals surface area contributed by atoms with Gasteiger partial charge in [-0.05, 0) is 26.7 Å². The van der Waals surface area contributed by atoms with Crippen LogP contribution >= 0.6 is 0 Å². The molecule has 0 radical (unpaired) electrons. The van der Waals surface area contributed by atoms with Gasteiger partial charge in [0.1, 0.15) is 23.0 Å². The largest absolute Gasteiger partial charge is 0.370 e. The van der Waals surface area contributed by atoms with Crippen molar-refractivity contribution in [2.75, 3.05) is 17.2 Å². The van der Waals surface area contributed by atoms with Gasteiger partial charge in [-0.3, -0.25) is 0 Å². The van der Waals surface area contributed by atoms with Crippen LogP contribution in [0.4, 0.5) is 11.6 Å². The summed E-state index contributed by atoms with van der Waals surface area (Å²) < 4.78 is 0. The molecule has 0 aromatic carbocycles. The lowest BCUT2D eigenvalue weighted by Crippen LogP contribution is -2.29. The highest BCUT2D eigenvalue weighted by molar-refractivity contribution is 5.49. The second kappa shape index (κ2) is 5.67. The van der Waals surface area contributed by atoms with Gasteiger partial charge in [-0.25, -0.2) is 9.97 Å². The predicted molar refractivity (Wildman–Crippen MR) is 73.4 cm³/mol. The van der Waals surface area contributed by atoms with Crippen molar-refractivity contribution in [2.45, 2.75) is 40.2 Å². The van der Waals surface area contributed by atoms with Crippen LogP contribution in [0.1, 0.15) is 33.5 Å². The lowest BCUT2D eigenvalue weighted by atomic mass is 10.1. The van der Waals surface area contributed by atoms with Gasteiger partial charge in [-0.15, -0.1) is 0 Å². The molecule has 0 saturated heterocycles. The van der Waals surface area contributed by atoms with Crippen LogP contribution in [0.5, 0.6) is 0 Å². The van der Waals surface area contributed by atoms with Crippen LogP contribution in [0.3, 0.4) is 0 Å². The van der Waals surface area contributed by atoms with Crippen LogP contribution < -0.4 is 10.6 Å². The molecule has 0 aliphatic heterocycles. The number of nitrogens with one attached hydrogen (secondary N) is 2. The van der Waals surface area contributed by atoms with Gasteiger partial charge < -0.3 is 10.6 Å². The topological polar surface area (TPSA) is 73.6 Å². The highest BCUT2D eigenvalue weighted by Gasteiger charge is 2.17. The molecule has 5 nitrogen and oxygen atoms in total. The molecule has 0 aliphatic carbocycles. The molecule has 5 heteroatoms. The number of nitrogens with zero attached hydrogens (tertiary/aromatic N) is 3. The number of aromatic nitrogens is 2. The Morgan fingerprint density at radius 1 is 1.33 bits per heavy atom. The van der Waals surface area contributed by atoms with Crippen LogP contribution in [0.15, 0.2) is 6.07 Å². The van der Waals surface area contributed by atoms with Crippen molar-refractivity contribution in [3.63, 3.8) is 0 Å². The summed E-state index contributed by atoms with van der Waals surface area (Å²) in [5, 5.41) is 15.3. The molecule has 18 heavy (non-hydrogen) atoms. The third kappa shape index (κ3) is 4.58. The Bertz CT molecular complexity index is 445. The maximum absolute atomic E-state index is 9.00. The highest BCUT2D eigenvalue weighted by atomic mass is 15.1. The van der Waals surface area contributed by atoms with Crippen LogP contribution in [0.2, 0.25) is 0 Å². The minimum absolute atomic E-state index is 0.548. The van der Waals surface area contributed by atoms with Gasteiger partial charge >= 0.3 is 0 Å². The minimum Gasteiger partial charge on any atom is -0.370 e. The monoisotopic (exact) mass is 247 g/mol. The Hall–Kier alpha value is -1.83. The first-order chi connectivity index (χ1) is 8.32. The SMILES string of the molecule is Cc1nc(NCC(C)C)cc(NC(C)(C)C#N)n1. The Morgan fingerprint density at radius 2 is 1.94 bits per heavy atom. The number of nitriles is 1. The molecule has 1 rings (SSSR count). The summed E-state index contributed by atoms with van der Waals surface area (Å²) in [6.45, 7) is 10.6. The zero-order valence-corrected chi connectivity index (χ0v) is 11.7. The number of hydrogen-bond acceptors (Lipinski definition) is 5. The molecule has 98 valence electrons. The molecule has 0 unspecified atom stereocenters. The van der Waals surface area contributed by atoms with Crippen LogP contribution in [0, 0.1) is 24.2 Å². The van der Waals surface area contributed by atoms with E-state index in [2.05, 4.69) is 40.5 Å². The highest BCUT2D eigenvalue weighted by Crippen LogP contribution is 2.16. The Kier molecular flexibility index (Phi) is 4.49. The molecular formula is C13H21N5. The number of aryl methyl sites for hydroxylation is 1. The molecule has 0 aliphatic rings. The lowest BCUT2D eigenvalue weighted by Gasteiger charge is -2.19. The Labute approximate surface area is 109 Å². The van der Waals surface area contributed by atoms with Crippen molar-refractivity contribution in [1.29, 1.82) is 5.26 Å². The van der Waals surface area contributed by atoms with Gasteiger partial charge in [0.25, 0.3) is 0 Å². The molecule has 0 spiro atoms. The maximum atomic E-state index is 9.00. The third-order valence-electron chi connectivity index (χ3n) is 2.25. The molecule has 1 aromatic heterocycles. The van der Waals surface area contributed by atoms with Crippen LogP contribution in [-0.2, 0) is 0 Å². The van der Waals surface area contributed by atoms with Crippen molar-refractivity contribution in [1.82, 2.24) is 9.97 Å². The Balaban J connectivity index is 2.85. The summed E-state index contributed by atoms with van der Waals surface area (Å²) in [7, 11) is 0. The van der Waals surface area contributed by atoms with E-state index in [1.54, 1.807) is 0 Å². The van der Waals surface area contributed by atoms with E-state index in [9.17, 15) is 0 Å². The molecule has 0 amide bonds. The first-order valence-electron chi connectivity index (χ1n) is 6.11. The van der Waals surface area contributed by atoms with E-state index < -0.39 is 5.54 Å². The minimum atomic E-state index is -0.643. The quantitative estimate of drug-likeness (QED) is 0.836. The molecule has 1 heterocycles. The fraction of sp³-hybridized carbons (Fsp3) is 0.615. The molecule has 1 aromatic rings. The van der Waals surface area contributed by atoms with E-state index in [-0.39, 0.29) is 0 Å². The second-order valence-corrected chi connectivity index (χ2v) is 5.32. The summed E-state index contributed by atoms with van der Waals surface area (Å²) in [6.07, 6.45) is 0. The fourth-order valence-corrected chi connectivity index (χ4v) is 1.38. The zero-order valence-electron chi connectivity index (χ0n) is 11.7. The number of anilines is 2. The van der Waals surface area contributed by atoms with E-state index in [1.165, 1.54) is 0 Å². The summed E-state index contributed by atoms with van der Waals surface area (Å²) in [6, 6.07) is 4.01. The van der Waals surface area contributed by atoms with Gasteiger partial charge in [0.2, 0.25) is 0 Å².